The van der Waals surface area contributed by atoms with Crippen LogP contribution in [0.15, 0.2) is 59.8 Å². The highest BCUT2D eigenvalue weighted by Crippen LogP contribution is 2.38. The van der Waals surface area contributed by atoms with Gasteiger partial charge in [0.05, 0.1) is 11.2 Å². The van der Waals surface area contributed by atoms with Crippen molar-refractivity contribution in [2.75, 3.05) is 17.2 Å². The Morgan fingerprint density at radius 3 is 2.41 bits per heavy atom. The van der Waals surface area contributed by atoms with Crippen LogP contribution in [0.25, 0.3) is 11.1 Å². The minimum Gasteiger partial charge on any atom is -0.386 e. The Hall–Kier alpha value is -3.50. The van der Waals surface area contributed by atoms with Gasteiger partial charge >= 0.3 is 0 Å². The number of amides is 1. The average molecular weight is 524 g/mol. The molecule has 1 fully saturated rings. The minimum absolute atomic E-state index is 0.0296. The number of rotatable bonds is 6. The molecule has 0 bridgehead atoms. The Balaban J connectivity index is 1.77. The molecule has 1 aliphatic rings. The van der Waals surface area contributed by atoms with Crippen molar-refractivity contribution < 1.29 is 18.3 Å². The summed E-state index contributed by atoms with van der Waals surface area (Å²) in [5.41, 5.74) is 6.68. The molecule has 1 saturated heterocycles. The molecule has 10 heteroatoms. The number of aromatic nitrogens is 2. The molecule has 2 aromatic heterocycles. The fourth-order valence-electron chi connectivity index (χ4n) is 4.84. The molecular weight excluding hydrogens is 490 g/mol. The molecule has 1 unspecified atom stereocenters. The molecule has 1 atom stereocenters. The Morgan fingerprint density at radius 2 is 1.84 bits per heavy atom. The van der Waals surface area contributed by atoms with E-state index in [1.807, 2.05) is 24.3 Å². The number of sulfonamides is 1. The number of benzene rings is 1. The van der Waals surface area contributed by atoms with E-state index in [4.69, 9.17) is 5.73 Å². The molecule has 0 aliphatic carbocycles. The smallest absolute Gasteiger partial charge is 0.281 e. The molecule has 0 spiro atoms. The van der Waals surface area contributed by atoms with E-state index in [1.54, 1.807) is 26.1 Å². The lowest BCUT2D eigenvalue weighted by molar-refractivity contribution is 0.0786. The summed E-state index contributed by atoms with van der Waals surface area (Å²) in [5, 5.41) is 9.93. The standard InChI is InChI=1S/C27H33N5O4S/c1-17-14-26(2,3)32(16-17)24-21(25(33)31-37(35,36)23-8-6-7-22(28)30-23)13-19(15-29-24)18-9-11-20(12-10-18)27(4,5)34/h6-13,15,17,34H,14,16H2,1-5H3,(H2,28,30)(H,31,33). The van der Waals surface area contributed by atoms with Gasteiger partial charge in [0.1, 0.15) is 11.6 Å². The van der Waals surface area contributed by atoms with E-state index in [0.29, 0.717) is 23.8 Å². The molecule has 1 aromatic carbocycles. The molecule has 0 radical (unpaired) electrons. The zero-order valence-electron chi connectivity index (χ0n) is 21.7. The van der Waals surface area contributed by atoms with Gasteiger partial charge in [-0.25, -0.2) is 14.7 Å². The Bertz CT molecular complexity index is 1430. The number of pyridine rings is 2. The van der Waals surface area contributed by atoms with Gasteiger partial charge in [-0.2, -0.15) is 8.42 Å². The van der Waals surface area contributed by atoms with E-state index in [1.165, 1.54) is 18.2 Å². The highest BCUT2D eigenvalue weighted by molar-refractivity contribution is 7.90. The molecule has 4 N–H and O–H groups in total. The van der Waals surface area contributed by atoms with Crippen molar-refractivity contribution in [1.82, 2.24) is 14.7 Å². The molecular formula is C27H33N5O4S. The summed E-state index contributed by atoms with van der Waals surface area (Å²) in [7, 11) is -4.27. The summed E-state index contributed by atoms with van der Waals surface area (Å²) in [6, 6.07) is 13.1. The van der Waals surface area contributed by atoms with Crippen LogP contribution in [0.4, 0.5) is 11.6 Å². The van der Waals surface area contributed by atoms with Crippen molar-refractivity contribution >= 4 is 27.6 Å². The molecule has 4 rings (SSSR count). The van der Waals surface area contributed by atoms with Crippen molar-refractivity contribution in [2.45, 2.75) is 57.2 Å². The van der Waals surface area contributed by atoms with E-state index >= 15 is 0 Å². The maximum Gasteiger partial charge on any atom is 0.281 e. The van der Waals surface area contributed by atoms with Gasteiger partial charge in [0.25, 0.3) is 15.9 Å². The third kappa shape index (κ3) is 5.60. The summed E-state index contributed by atoms with van der Waals surface area (Å²) >= 11 is 0. The van der Waals surface area contributed by atoms with Crippen molar-refractivity contribution in [1.29, 1.82) is 0 Å². The number of anilines is 2. The fourth-order valence-corrected chi connectivity index (χ4v) is 5.78. The minimum atomic E-state index is -4.27. The number of aliphatic hydroxyl groups is 1. The molecule has 0 saturated carbocycles. The van der Waals surface area contributed by atoms with Crippen LogP contribution in [0.1, 0.15) is 57.0 Å². The zero-order chi connectivity index (χ0) is 27.2. The second kappa shape index (κ2) is 9.42. The number of hydrogen-bond donors (Lipinski definition) is 3. The van der Waals surface area contributed by atoms with E-state index in [9.17, 15) is 18.3 Å². The van der Waals surface area contributed by atoms with Crippen LogP contribution in [-0.4, -0.2) is 41.5 Å². The van der Waals surface area contributed by atoms with Crippen molar-refractivity contribution in [2.24, 2.45) is 5.92 Å². The average Bonchev–Trinajstić information content (AvgIpc) is 3.09. The van der Waals surface area contributed by atoms with E-state index < -0.39 is 21.5 Å². The maximum atomic E-state index is 13.5. The van der Waals surface area contributed by atoms with E-state index in [2.05, 4.69) is 40.4 Å². The summed E-state index contributed by atoms with van der Waals surface area (Å²) in [6.07, 6.45) is 2.58. The lowest BCUT2D eigenvalue weighted by Gasteiger charge is -2.33. The third-order valence-electron chi connectivity index (χ3n) is 6.61. The fraction of sp³-hybridized carbons (Fsp3) is 0.370. The predicted octanol–water partition coefficient (Wildman–Crippen LogP) is 3.70. The third-order valence-corrected chi connectivity index (χ3v) is 7.84. The second-order valence-electron chi connectivity index (χ2n) is 10.8. The Morgan fingerprint density at radius 1 is 1.16 bits per heavy atom. The van der Waals surface area contributed by atoms with Crippen LogP contribution in [0.3, 0.4) is 0 Å². The first-order valence-corrected chi connectivity index (χ1v) is 13.6. The lowest BCUT2D eigenvalue weighted by atomic mass is 9.95. The van der Waals surface area contributed by atoms with Crippen LogP contribution in [0.2, 0.25) is 0 Å². The molecule has 1 amide bonds. The van der Waals surface area contributed by atoms with Crippen LogP contribution in [0, 0.1) is 5.92 Å². The normalized spacial score (nSPS) is 17.6. The first kappa shape index (κ1) is 26.6. The number of carbonyl (C=O) groups is 1. The highest BCUT2D eigenvalue weighted by Gasteiger charge is 2.39. The molecule has 3 aromatic rings. The van der Waals surface area contributed by atoms with Crippen molar-refractivity contribution in [3.63, 3.8) is 0 Å². The van der Waals surface area contributed by atoms with Crippen molar-refractivity contribution in [3.8, 4) is 11.1 Å². The predicted molar refractivity (Wildman–Crippen MR) is 143 cm³/mol. The Labute approximate surface area is 217 Å². The van der Waals surface area contributed by atoms with Gasteiger partial charge in [0.2, 0.25) is 0 Å². The van der Waals surface area contributed by atoms with Gasteiger partial charge in [0, 0.05) is 23.8 Å². The Kier molecular flexibility index (Phi) is 6.76. The monoisotopic (exact) mass is 523 g/mol. The number of nitrogens with two attached hydrogens (primary N) is 1. The van der Waals surface area contributed by atoms with Gasteiger partial charge in [-0.15, -0.1) is 0 Å². The number of nitrogens with one attached hydrogen (secondary N) is 1. The molecule has 196 valence electrons. The quantitative estimate of drug-likeness (QED) is 0.445. The van der Waals surface area contributed by atoms with E-state index in [0.717, 1.165) is 17.5 Å². The summed E-state index contributed by atoms with van der Waals surface area (Å²) < 4.78 is 28.1. The van der Waals surface area contributed by atoms with Crippen LogP contribution < -0.4 is 15.4 Å². The molecule has 9 nitrogen and oxygen atoms in total. The van der Waals surface area contributed by atoms with Gasteiger partial charge in [0.15, 0.2) is 5.03 Å². The van der Waals surface area contributed by atoms with Crippen LogP contribution >= 0.6 is 0 Å². The zero-order valence-corrected chi connectivity index (χ0v) is 22.5. The molecule has 37 heavy (non-hydrogen) atoms. The van der Waals surface area contributed by atoms with Gasteiger partial charge in [-0.05, 0) is 69.4 Å². The molecule has 1 aliphatic heterocycles. The summed E-state index contributed by atoms with van der Waals surface area (Å²) in [4.78, 5) is 24.1. The second-order valence-corrected chi connectivity index (χ2v) is 12.4. The number of nitrogens with zero attached hydrogens (tertiary/aromatic N) is 3. The SMILES string of the molecule is CC1CN(c2ncc(-c3ccc(C(C)(C)O)cc3)cc2C(=O)NS(=O)(=O)c2cccc(N)n2)C(C)(C)C1. The maximum absolute atomic E-state index is 13.5. The largest absolute Gasteiger partial charge is 0.386 e. The first-order chi connectivity index (χ1) is 17.2. The number of nitrogen functional groups attached to an aromatic ring is 1. The first-order valence-electron chi connectivity index (χ1n) is 12.1. The van der Waals surface area contributed by atoms with Gasteiger partial charge in [-0.3, -0.25) is 4.79 Å². The topological polar surface area (TPSA) is 139 Å². The van der Waals surface area contributed by atoms with E-state index in [-0.39, 0.29) is 21.9 Å². The summed E-state index contributed by atoms with van der Waals surface area (Å²) in [6.45, 7) is 10.4. The van der Waals surface area contributed by atoms with Crippen molar-refractivity contribution in [3.05, 3.63) is 65.9 Å². The number of carbonyl (C=O) groups excluding carboxylic acids is 1. The number of hydrogen-bond acceptors (Lipinski definition) is 8. The van der Waals surface area contributed by atoms with Crippen LogP contribution in [0.5, 0.6) is 0 Å². The van der Waals surface area contributed by atoms with Gasteiger partial charge in [-0.1, -0.05) is 37.3 Å². The molecule has 3 heterocycles. The highest BCUT2D eigenvalue weighted by atomic mass is 32.2. The van der Waals surface area contributed by atoms with Gasteiger partial charge < -0.3 is 15.7 Å². The van der Waals surface area contributed by atoms with Crippen LogP contribution in [-0.2, 0) is 15.6 Å². The lowest BCUT2D eigenvalue weighted by Crippen LogP contribution is -2.41. The summed E-state index contributed by atoms with van der Waals surface area (Å²) in [5.74, 6) is 0.0143.